The zero-order valence-electron chi connectivity index (χ0n) is 14.6. The molecule has 27 heavy (non-hydrogen) atoms. The molecule has 0 radical (unpaired) electrons. The van der Waals surface area contributed by atoms with Crippen molar-refractivity contribution in [3.05, 3.63) is 94.5 Å². The summed E-state index contributed by atoms with van der Waals surface area (Å²) in [7, 11) is 0. The van der Waals surface area contributed by atoms with Crippen molar-refractivity contribution in [1.82, 2.24) is 10.3 Å². The van der Waals surface area contributed by atoms with Crippen LogP contribution < -0.4 is 10.6 Å². The lowest BCUT2D eigenvalue weighted by Crippen LogP contribution is -2.26. The predicted octanol–water partition coefficient (Wildman–Crippen LogP) is 4.46. The van der Waals surface area contributed by atoms with Crippen LogP contribution >= 0.6 is 11.6 Å². The Bertz CT molecular complexity index is 915. The van der Waals surface area contributed by atoms with Gasteiger partial charge in [-0.05, 0) is 42.3 Å². The van der Waals surface area contributed by atoms with Crippen LogP contribution in [0.15, 0.2) is 66.9 Å². The average Bonchev–Trinajstić information content (AvgIpc) is 2.69. The first-order valence-corrected chi connectivity index (χ1v) is 8.95. The van der Waals surface area contributed by atoms with Crippen molar-refractivity contribution in [3.63, 3.8) is 0 Å². The lowest BCUT2D eigenvalue weighted by molar-refractivity contribution is 0.0949. The largest absolute Gasteiger partial charge is 0.381 e. The summed E-state index contributed by atoms with van der Waals surface area (Å²) in [5, 5.41) is 6.65. The van der Waals surface area contributed by atoms with Gasteiger partial charge in [0.05, 0.1) is 0 Å². The third kappa shape index (κ3) is 5.53. The fourth-order valence-electron chi connectivity index (χ4n) is 2.57. The molecule has 1 heterocycles. The number of nitrogens with one attached hydrogen (secondary N) is 2. The molecule has 1 aromatic heterocycles. The molecule has 0 aliphatic rings. The van der Waals surface area contributed by atoms with E-state index in [1.54, 1.807) is 36.5 Å². The lowest BCUT2D eigenvalue weighted by Gasteiger charge is -2.09. The Labute approximate surface area is 162 Å². The number of pyridine rings is 1. The minimum Gasteiger partial charge on any atom is -0.381 e. The van der Waals surface area contributed by atoms with Gasteiger partial charge in [-0.15, -0.1) is 0 Å². The van der Waals surface area contributed by atoms with Gasteiger partial charge >= 0.3 is 0 Å². The molecule has 0 aliphatic carbocycles. The summed E-state index contributed by atoms with van der Waals surface area (Å²) in [5.74, 6) is -0.516. The Morgan fingerprint density at radius 1 is 1.07 bits per heavy atom. The number of hydrogen-bond acceptors (Lipinski definition) is 3. The molecular formula is C21H19ClFN3O. The van der Waals surface area contributed by atoms with Crippen LogP contribution in [0.3, 0.4) is 0 Å². The first-order valence-electron chi connectivity index (χ1n) is 8.58. The van der Waals surface area contributed by atoms with Crippen LogP contribution in [0.5, 0.6) is 0 Å². The standard InChI is InChI=1S/C21H19ClFN3O/c22-17-7-5-15(6-8-17)9-11-25-21(27)20-13-18(10-12-24-20)26-14-16-3-1-2-4-19(16)23/h1-8,10,12-13H,9,11,14H2,(H,24,26)(H,25,27). The van der Waals surface area contributed by atoms with Crippen molar-refractivity contribution in [2.24, 2.45) is 0 Å². The number of benzene rings is 2. The van der Waals surface area contributed by atoms with Gasteiger partial charge in [0, 0.05) is 35.6 Å². The SMILES string of the molecule is O=C(NCCc1ccc(Cl)cc1)c1cc(NCc2ccccc2F)ccn1. The first-order chi connectivity index (χ1) is 13.1. The van der Waals surface area contributed by atoms with E-state index < -0.39 is 0 Å². The summed E-state index contributed by atoms with van der Waals surface area (Å²) in [5.41, 5.74) is 2.66. The van der Waals surface area contributed by atoms with Crippen molar-refractivity contribution in [2.75, 3.05) is 11.9 Å². The maximum Gasteiger partial charge on any atom is 0.269 e. The maximum atomic E-state index is 13.7. The number of anilines is 1. The van der Waals surface area contributed by atoms with Gasteiger partial charge in [0.2, 0.25) is 0 Å². The fourth-order valence-corrected chi connectivity index (χ4v) is 2.69. The van der Waals surface area contributed by atoms with E-state index >= 15 is 0 Å². The average molecular weight is 384 g/mol. The molecule has 2 aromatic carbocycles. The Kier molecular flexibility index (Phi) is 6.39. The zero-order chi connectivity index (χ0) is 19.1. The molecule has 0 spiro atoms. The fraction of sp³-hybridized carbons (Fsp3) is 0.143. The number of amides is 1. The Morgan fingerprint density at radius 3 is 2.63 bits per heavy atom. The maximum absolute atomic E-state index is 13.7. The number of rotatable bonds is 7. The number of carbonyl (C=O) groups is 1. The van der Waals surface area contributed by atoms with Crippen molar-refractivity contribution in [1.29, 1.82) is 0 Å². The molecule has 4 nitrogen and oxygen atoms in total. The van der Waals surface area contributed by atoms with Crippen molar-refractivity contribution < 1.29 is 9.18 Å². The van der Waals surface area contributed by atoms with E-state index in [0.29, 0.717) is 41.5 Å². The Hall–Kier alpha value is -2.92. The summed E-state index contributed by atoms with van der Waals surface area (Å²) in [6.45, 7) is 0.823. The summed E-state index contributed by atoms with van der Waals surface area (Å²) in [4.78, 5) is 16.4. The van der Waals surface area contributed by atoms with Gasteiger partial charge in [0.1, 0.15) is 11.5 Å². The summed E-state index contributed by atoms with van der Waals surface area (Å²) in [6, 6.07) is 17.5. The third-order valence-corrected chi connectivity index (χ3v) is 4.30. The Balaban J connectivity index is 1.53. The van der Waals surface area contributed by atoms with Gasteiger partial charge in [-0.3, -0.25) is 9.78 Å². The quantitative estimate of drug-likeness (QED) is 0.633. The second-order valence-electron chi connectivity index (χ2n) is 6.01. The number of nitrogens with zero attached hydrogens (tertiary/aromatic N) is 1. The highest BCUT2D eigenvalue weighted by atomic mass is 35.5. The van der Waals surface area contributed by atoms with Crippen molar-refractivity contribution in [3.8, 4) is 0 Å². The topological polar surface area (TPSA) is 54.0 Å². The third-order valence-electron chi connectivity index (χ3n) is 4.05. The monoisotopic (exact) mass is 383 g/mol. The van der Waals surface area contributed by atoms with Gasteiger partial charge < -0.3 is 10.6 Å². The van der Waals surface area contributed by atoms with Crippen LogP contribution in [0.25, 0.3) is 0 Å². The van der Waals surface area contributed by atoms with Crippen molar-refractivity contribution >= 4 is 23.2 Å². The summed E-state index contributed by atoms with van der Waals surface area (Å²) < 4.78 is 13.7. The first kappa shape index (κ1) is 18.9. The van der Waals surface area contributed by atoms with Crippen LogP contribution in [-0.2, 0) is 13.0 Å². The van der Waals surface area contributed by atoms with E-state index in [1.807, 2.05) is 24.3 Å². The molecular weight excluding hydrogens is 365 g/mol. The van der Waals surface area contributed by atoms with E-state index in [2.05, 4.69) is 15.6 Å². The molecule has 6 heteroatoms. The molecule has 0 fully saturated rings. The molecule has 0 atom stereocenters. The minimum absolute atomic E-state index is 0.251. The lowest BCUT2D eigenvalue weighted by atomic mass is 10.1. The predicted molar refractivity (Wildman–Crippen MR) is 105 cm³/mol. The number of aromatic nitrogens is 1. The van der Waals surface area contributed by atoms with Gasteiger partial charge in [0.25, 0.3) is 5.91 Å². The minimum atomic E-state index is -0.265. The van der Waals surface area contributed by atoms with Crippen LogP contribution in [-0.4, -0.2) is 17.4 Å². The van der Waals surface area contributed by atoms with E-state index in [0.717, 1.165) is 5.56 Å². The highest BCUT2D eigenvalue weighted by Gasteiger charge is 2.08. The molecule has 138 valence electrons. The van der Waals surface area contributed by atoms with Crippen molar-refractivity contribution in [2.45, 2.75) is 13.0 Å². The van der Waals surface area contributed by atoms with Gasteiger partial charge in [-0.2, -0.15) is 0 Å². The smallest absolute Gasteiger partial charge is 0.269 e. The van der Waals surface area contributed by atoms with E-state index in [4.69, 9.17) is 11.6 Å². The second kappa shape index (κ2) is 9.14. The molecule has 0 bridgehead atoms. The van der Waals surface area contributed by atoms with E-state index in [1.165, 1.54) is 6.07 Å². The molecule has 2 N–H and O–H groups in total. The van der Waals surface area contributed by atoms with Crippen LogP contribution in [0.4, 0.5) is 10.1 Å². The van der Waals surface area contributed by atoms with Gasteiger partial charge in [-0.1, -0.05) is 41.9 Å². The number of halogens is 2. The number of hydrogen-bond donors (Lipinski definition) is 2. The van der Waals surface area contributed by atoms with Crippen LogP contribution in [0.2, 0.25) is 5.02 Å². The Morgan fingerprint density at radius 2 is 1.85 bits per heavy atom. The summed E-state index contributed by atoms with van der Waals surface area (Å²) in [6.07, 6.45) is 2.26. The molecule has 1 amide bonds. The van der Waals surface area contributed by atoms with Gasteiger partial charge in [0.15, 0.2) is 0 Å². The van der Waals surface area contributed by atoms with E-state index in [9.17, 15) is 9.18 Å². The normalized spacial score (nSPS) is 10.4. The molecule has 3 rings (SSSR count). The highest BCUT2D eigenvalue weighted by Crippen LogP contribution is 2.13. The highest BCUT2D eigenvalue weighted by molar-refractivity contribution is 6.30. The molecule has 0 saturated heterocycles. The molecule has 0 unspecified atom stereocenters. The molecule has 3 aromatic rings. The van der Waals surface area contributed by atoms with Crippen LogP contribution in [0, 0.1) is 5.82 Å². The second-order valence-corrected chi connectivity index (χ2v) is 6.44. The van der Waals surface area contributed by atoms with E-state index in [-0.39, 0.29) is 11.7 Å². The molecule has 0 aliphatic heterocycles. The summed E-state index contributed by atoms with van der Waals surface area (Å²) >= 11 is 5.86. The number of carbonyl (C=O) groups excluding carboxylic acids is 1. The van der Waals surface area contributed by atoms with Crippen LogP contribution in [0.1, 0.15) is 21.6 Å². The zero-order valence-corrected chi connectivity index (χ0v) is 15.3. The molecule has 0 saturated carbocycles. The van der Waals surface area contributed by atoms with Gasteiger partial charge in [-0.25, -0.2) is 4.39 Å².